The number of anilines is 1. The van der Waals surface area contributed by atoms with E-state index in [4.69, 9.17) is 16.3 Å². The molecule has 0 spiro atoms. The Labute approximate surface area is 119 Å². The van der Waals surface area contributed by atoms with Crippen LogP contribution in [0, 0.1) is 10.1 Å². The molecule has 9 heteroatoms. The topological polar surface area (TPSA) is 106 Å². The third-order valence-electron chi connectivity index (χ3n) is 2.13. The SMILES string of the molecule is CCOC(=O)c1ccc(NN=NCCCl)c([N+](=O)[O-])c1. The van der Waals surface area contributed by atoms with E-state index < -0.39 is 10.9 Å². The molecule has 1 aromatic rings. The summed E-state index contributed by atoms with van der Waals surface area (Å²) in [5, 5.41) is 18.2. The van der Waals surface area contributed by atoms with Gasteiger partial charge in [-0.05, 0) is 19.1 Å². The van der Waals surface area contributed by atoms with Crippen LogP contribution in [0.1, 0.15) is 17.3 Å². The average Bonchev–Trinajstić information content (AvgIpc) is 2.43. The predicted molar refractivity (Wildman–Crippen MR) is 73.1 cm³/mol. The van der Waals surface area contributed by atoms with Gasteiger partial charge in [0.15, 0.2) is 0 Å². The maximum absolute atomic E-state index is 11.5. The van der Waals surface area contributed by atoms with Gasteiger partial charge < -0.3 is 4.74 Å². The molecule has 0 aliphatic rings. The second-order valence-electron chi connectivity index (χ2n) is 3.48. The zero-order valence-corrected chi connectivity index (χ0v) is 11.5. The highest BCUT2D eigenvalue weighted by molar-refractivity contribution is 6.18. The molecule has 20 heavy (non-hydrogen) atoms. The number of hydrogen-bond donors (Lipinski definition) is 1. The van der Waals surface area contributed by atoms with Crippen molar-refractivity contribution >= 4 is 28.9 Å². The Morgan fingerprint density at radius 1 is 1.55 bits per heavy atom. The van der Waals surface area contributed by atoms with E-state index >= 15 is 0 Å². The van der Waals surface area contributed by atoms with Crippen LogP contribution in [0.25, 0.3) is 0 Å². The molecule has 1 N–H and O–H groups in total. The Morgan fingerprint density at radius 3 is 2.90 bits per heavy atom. The lowest BCUT2D eigenvalue weighted by atomic mass is 10.2. The maximum atomic E-state index is 11.5. The lowest BCUT2D eigenvalue weighted by molar-refractivity contribution is -0.384. The number of nitro groups is 1. The highest BCUT2D eigenvalue weighted by Crippen LogP contribution is 2.26. The Kier molecular flexibility index (Phi) is 6.38. The summed E-state index contributed by atoms with van der Waals surface area (Å²) in [6.45, 7) is 2.14. The van der Waals surface area contributed by atoms with Gasteiger partial charge in [0.2, 0.25) is 0 Å². The molecular weight excluding hydrogens is 288 g/mol. The molecule has 0 aliphatic heterocycles. The molecule has 8 nitrogen and oxygen atoms in total. The fourth-order valence-electron chi connectivity index (χ4n) is 1.30. The molecule has 1 aromatic carbocycles. The Balaban J connectivity index is 2.96. The first-order valence-electron chi connectivity index (χ1n) is 5.74. The van der Waals surface area contributed by atoms with Crippen LogP contribution in [0.4, 0.5) is 11.4 Å². The molecule has 0 aliphatic carbocycles. The molecule has 1 rings (SSSR count). The highest BCUT2D eigenvalue weighted by Gasteiger charge is 2.18. The van der Waals surface area contributed by atoms with Gasteiger partial charge in [0.1, 0.15) is 5.69 Å². The summed E-state index contributed by atoms with van der Waals surface area (Å²) in [5.74, 6) is -0.319. The quantitative estimate of drug-likeness (QED) is 0.274. The summed E-state index contributed by atoms with van der Waals surface area (Å²) in [6, 6.07) is 3.89. The number of nitrogens with zero attached hydrogens (tertiary/aromatic N) is 3. The van der Waals surface area contributed by atoms with Gasteiger partial charge in [-0.15, -0.1) is 11.6 Å². The first-order chi connectivity index (χ1) is 9.60. The van der Waals surface area contributed by atoms with E-state index in [1.165, 1.54) is 12.1 Å². The van der Waals surface area contributed by atoms with E-state index in [1.807, 2.05) is 0 Å². The minimum atomic E-state index is -0.623. The zero-order chi connectivity index (χ0) is 15.0. The molecule has 108 valence electrons. The predicted octanol–water partition coefficient (Wildman–Crippen LogP) is 2.79. The van der Waals surface area contributed by atoms with Gasteiger partial charge in [0, 0.05) is 11.9 Å². The summed E-state index contributed by atoms with van der Waals surface area (Å²) < 4.78 is 4.78. The number of alkyl halides is 1. The number of hydrogen-bond acceptors (Lipinski definition) is 6. The highest BCUT2D eigenvalue weighted by atomic mass is 35.5. The van der Waals surface area contributed by atoms with Gasteiger partial charge in [0.25, 0.3) is 5.69 Å². The third kappa shape index (κ3) is 4.47. The molecule has 0 fully saturated rings. The van der Waals surface area contributed by atoms with Crippen molar-refractivity contribution < 1.29 is 14.5 Å². The molecule has 0 saturated carbocycles. The monoisotopic (exact) mass is 300 g/mol. The fourth-order valence-corrected chi connectivity index (χ4v) is 1.37. The minimum absolute atomic E-state index is 0.0989. The van der Waals surface area contributed by atoms with E-state index in [0.29, 0.717) is 12.4 Å². The standard InChI is InChI=1S/C11H13ClN4O4/c1-2-20-11(17)8-3-4-9(10(7-8)16(18)19)14-15-13-6-5-12/h3-4,7H,2,5-6H2,1H3,(H,13,14). The molecule has 0 bridgehead atoms. The van der Waals surface area contributed by atoms with E-state index in [0.717, 1.165) is 6.07 Å². The Morgan fingerprint density at radius 2 is 2.30 bits per heavy atom. The van der Waals surface area contributed by atoms with Crippen molar-refractivity contribution in [3.05, 3.63) is 33.9 Å². The number of nitro benzene ring substituents is 1. The number of halogens is 1. The Bertz CT molecular complexity index is 521. The molecule has 0 saturated heterocycles. The number of benzene rings is 1. The smallest absolute Gasteiger partial charge is 0.338 e. The normalized spacial score (nSPS) is 10.5. The Hall–Kier alpha value is -2.22. The molecule has 0 unspecified atom stereocenters. The average molecular weight is 301 g/mol. The summed E-state index contributed by atoms with van der Waals surface area (Å²) >= 11 is 5.41. The number of carbonyl (C=O) groups excluding carboxylic acids is 1. The van der Waals surface area contributed by atoms with Crippen LogP contribution in [-0.4, -0.2) is 29.9 Å². The number of rotatable bonds is 7. The zero-order valence-electron chi connectivity index (χ0n) is 10.7. The van der Waals surface area contributed by atoms with Crippen molar-refractivity contribution in [2.24, 2.45) is 10.3 Å². The van der Waals surface area contributed by atoms with E-state index in [9.17, 15) is 14.9 Å². The van der Waals surface area contributed by atoms with E-state index in [2.05, 4.69) is 15.8 Å². The minimum Gasteiger partial charge on any atom is -0.462 e. The van der Waals surface area contributed by atoms with Gasteiger partial charge in [-0.3, -0.25) is 15.5 Å². The lowest BCUT2D eigenvalue weighted by Crippen LogP contribution is -2.06. The maximum Gasteiger partial charge on any atom is 0.338 e. The van der Waals surface area contributed by atoms with Crippen molar-refractivity contribution in [3.63, 3.8) is 0 Å². The largest absolute Gasteiger partial charge is 0.462 e. The first kappa shape index (κ1) is 15.8. The molecule has 0 aromatic heterocycles. The lowest BCUT2D eigenvalue weighted by Gasteiger charge is -2.04. The van der Waals surface area contributed by atoms with Gasteiger partial charge in [-0.1, -0.05) is 5.22 Å². The fraction of sp³-hybridized carbons (Fsp3) is 0.364. The van der Waals surface area contributed by atoms with Crippen molar-refractivity contribution in [1.29, 1.82) is 0 Å². The van der Waals surface area contributed by atoms with Crippen LogP contribution in [0.3, 0.4) is 0 Å². The summed E-state index contributed by atoms with van der Waals surface area (Å²) in [6.07, 6.45) is 0. The van der Waals surface area contributed by atoms with Gasteiger partial charge in [-0.2, -0.15) is 5.11 Å². The second-order valence-corrected chi connectivity index (χ2v) is 3.85. The van der Waals surface area contributed by atoms with Crippen LogP contribution in [0.15, 0.2) is 28.5 Å². The van der Waals surface area contributed by atoms with Crippen LogP contribution >= 0.6 is 11.6 Å². The molecule has 0 radical (unpaired) electrons. The van der Waals surface area contributed by atoms with Crippen molar-refractivity contribution in [2.75, 3.05) is 24.5 Å². The number of nitrogens with one attached hydrogen (secondary N) is 1. The van der Waals surface area contributed by atoms with Crippen molar-refractivity contribution in [3.8, 4) is 0 Å². The van der Waals surface area contributed by atoms with Crippen LogP contribution in [-0.2, 0) is 4.74 Å². The molecular formula is C11H13ClN4O4. The van der Waals surface area contributed by atoms with Crippen LogP contribution in [0.5, 0.6) is 0 Å². The summed E-state index contributed by atoms with van der Waals surface area (Å²) in [5.41, 5.74) is 2.37. The number of esters is 1. The second kappa shape index (κ2) is 8.05. The van der Waals surface area contributed by atoms with Crippen LogP contribution < -0.4 is 5.43 Å². The number of ether oxygens (including phenoxy) is 1. The molecule has 0 heterocycles. The summed E-state index contributed by atoms with van der Waals surface area (Å²) in [4.78, 5) is 21.8. The van der Waals surface area contributed by atoms with Gasteiger partial charge in [0.05, 0.1) is 23.6 Å². The van der Waals surface area contributed by atoms with Gasteiger partial charge in [-0.25, -0.2) is 4.79 Å². The van der Waals surface area contributed by atoms with Gasteiger partial charge >= 0.3 is 5.97 Å². The first-order valence-corrected chi connectivity index (χ1v) is 6.27. The molecule has 0 atom stereocenters. The summed E-state index contributed by atoms with van der Waals surface area (Å²) in [7, 11) is 0. The van der Waals surface area contributed by atoms with Crippen molar-refractivity contribution in [1.82, 2.24) is 0 Å². The third-order valence-corrected chi connectivity index (χ3v) is 2.30. The van der Waals surface area contributed by atoms with Crippen molar-refractivity contribution in [2.45, 2.75) is 6.92 Å². The molecule has 0 amide bonds. The van der Waals surface area contributed by atoms with E-state index in [1.54, 1.807) is 6.92 Å². The number of carbonyl (C=O) groups is 1. The van der Waals surface area contributed by atoms with E-state index in [-0.39, 0.29) is 23.5 Å². The van der Waals surface area contributed by atoms with Crippen LogP contribution in [0.2, 0.25) is 0 Å².